The van der Waals surface area contributed by atoms with E-state index in [0.29, 0.717) is 17.0 Å². The number of hydrogen-bond acceptors (Lipinski definition) is 10. The van der Waals surface area contributed by atoms with E-state index >= 15 is 0 Å². The zero-order valence-electron chi connectivity index (χ0n) is 15.1. The van der Waals surface area contributed by atoms with Crippen LogP contribution in [0, 0.1) is 0 Å². The Kier molecular flexibility index (Phi) is 4.63. The van der Waals surface area contributed by atoms with E-state index in [9.17, 15) is 10.2 Å². The van der Waals surface area contributed by atoms with E-state index in [1.807, 2.05) is 0 Å². The zero-order valence-corrected chi connectivity index (χ0v) is 17.4. The number of aliphatic hydroxyl groups is 2. The Balaban J connectivity index is 1.58. The first-order valence-corrected chi connectivity index (χ1v) is 9.85. The molecule has 5 rings (SSSR count). The van der Waals surface area contributed by atoms with Crippen LogP contribution in [0.25, 0.3) is 11.2 Å². The minimum atomic E-state index is -1.17. The molecule has 0 aromatic carbocycles. The molecule has 3 aromatic rings. The second-order valence-electron chi connectivity index (χ2n) is 6.79. The number of hydrogen-bond donors (Lipinski definition) is 3. The Bertz CT molecular complexity index is 1180. The molecule has 0 amide bonds. The van der Waals surface area contributed by atoms with Gasteiger partial charge in [0.2, 0.25) is 10.6 Å². The van der Waals surface area contributed by atoms with E-state index in [1.54, 1.807) is 6.92 Å². The van der Waals surface area contributed by atoms with E-state index in [4.69, 9.17) is 45.3 Å². The Morgan fingerprint density at radius 3 is 2.57 bits per heavy atom. The number of nitrogens with two attached hydrogens (primary N) is 1. The first-order chi connectivity index (χ1) is 14.3. The lowest BCUT2D eigenvalue weighted by atomic mass is 10.1. The molecule has 158 valence electrons. The van der Waals surface area contributed by atoms with Crippen LogP contribution in [0.3, 0.4) is 0 Å². The lowest BCUT2D eigenvalue weighted by Crippen LogP contribution is -2.46. The number of aliphatic imine (C=N–C) groups is 1. The predicted molar refractivity (Wildman–Crippen MR) is 107 cm³/mol. The number of aromatic nitrogens is 6. The quantitative estimate of drug-likeness (QED) is 0.278. The summed E-state index contributed by atoms with van der Waals surface area (Å²) >= 11 is 18.5. The Morgan fingerprint density at radius 2 is 1.87 bits per heavy atom. The van der Waals surface area contributed by atoms with Crippen LogP contribution < -0.4 is 10.7 Å². The lowest BCUT2D eigenvalue weighted by Gasteiger charge is -2.32. The number of amidine groups is 1. The fourth-order valence-corrected chi connectivity index (χ4v) is 4.20. The molecular formula is C15H14Cl3N9O3. The largest absolute Gasteiger partial charge is 0.388 e. The second kappa shape index (κ2) is 6.99. The van der Waals surface area contributed by atoms with Gasteiger partial charge >= 0.3 is 0 Å². The number of rotatable bonds is 2. The van der Waals surface area contributed by atoms with E-state index < -0.39 is 30.7 Å². The van der Waals surface area contributed by atoms with Gasteiger partial charge < -0.3 is 20.7 Å². The molecule has 5 heterocycles. The maximum Gasteiger partial charge on any atom is 0.225 e. The molecule has 0 radical (unpaired) electrons. The molecule has 0 aliphatic carbocycles. The standard InChI is InChI=1S/C15H14Cl3N9O3/c1-4-7(28)8(29)13(30-4)25-2-20-6-10(19)27(15(18)24-11(6)25)26-3-21-5-9(16)22-14(17)23-12(5)26/h2-4,7-8,10,13,28-29H,19H2,1H3/t4-,7?,8?,10?,13-/m1/s1. The van der Waals surface area contributed by atoms with Crippen LogP contribution in [0.4, 0.5) is 5.82 Å². The average Bonchev–Trinajstić information content (AvgIpc) is 3.35. The highest BCUT2D eigenvalue weighted by atomic mass is 35.5. The molecule has 5 atom stereocenters. The number of ether oxygens (including phenoxy) is 1. The fraction of sp³-hybridized carbons (Fsp3) is 0.400. The second-order valence-corrected chi connectivity index (χ2v) is 7.82. The molecule has 1 saturated heterocycles. The van der Waals surface area contributed by atoms with Gasteiger partial charge in [-0.25, -0.2) is 24.6 Å². The van der Waals surface area contributed by atoms with Gasteiger partial charge in [0.25, 0.3) is 0 Å². The zero-order chi connectivity index (χ0) is 21.3. The summed E-state index contributed by atoms with van der Waals surface area (Å²) in [6.45, 7) is 1.66. The van der Waals surface area contributed by atoms with Gasteiger partial charge in [-0.05, 0) is 30.1 Å². The molecule has 12 nitrogen and oxygen atoms in total. The summed E-state index contributed by atoms with van der Waals surface area (Å²) in [5.41, 5.74) is 7.35. The van der Waals surface area contributed by atoms with E-state index in [2.05, 4.69) is 24.9 Å². The topological polar surface area (TPSA) is 153 Å². The Labute approximate surface area is 183 Å². The summed E-state index contributed by atoms with van der Waals surface area (Å²) in [5, 5.41) is 21.7. The maximum absolute atomic E-state index is 10.3. The molecule has 4 N–H and O–H groups in total. The van der Waals surface area contributed by atoms with Crippen molar-refractivity contribution in [3.63, 3.8) is 0 Å². The molecular weight excluding hydrogens is 461 g/mol. The number of halogens is 3. The van der Waals surface area contributed by atoms with Gasteiger partial charge in [-0.3, -0.25) is 4.57 Å². The SMILES string of the molecule is C[C@H]1O[C@@H](n2cnc3c2N=C(Cl)N(n2cnc4c(Cl)nc(Cl)nc42)C3N)C(O)C1O. The Hall–Kier alpha value is -2.06. The molecule has 30 heavy (non-hydrogen) atoms. The molecule has 3 aromatic heterocycles. The van der Waals surface area contributed by atoms with Crippen LogP contribution >= 0.6 is 34.8 Å². The van der Waals surface area contributed by atoms with Crippen LogP contribution in [0.2, 0.25) is 10.4 Å². The molecule has 1 fully saturated rings. The van der Waals surface area contributed by atoms with Crippen LogP contribution in [-0.2, 0) is 4.74 Å². The third kappa shape index (κ3) is 2.80. The fourth-order valence-electron chi connectivity index (χ4n) is 3.52. The summed E-state index contributed by atoms with van der Waals surface area (Å²) in [4.78, 5) is 20.9. The molecule has 0 spiro atoms. The number of aliphatic hydroxyl groups excluding tert-OH is 2. The molecule has 3 unspecified atom stereocenters. The van der Waals surface area contributed by atoms with Crippen LogP contribution in [0.15, 0.2) is 17.6 Å². The van der Waals surface area contributed by atoms with E-state index in [0.717, 1.165) is 0 Å². The summed E-state index contributed by atoms with van der Waals surface area (Å²) in [5.74, 6) is 0.296. The highest BCUT2D eigenvalue weighted by Gasteiger charge is 2.44. The normalized spacial score (nSPS) is 28.8. The van der Waals surface area contributed by atoms with Crippen molar-refractivity contribution in [1.82, 2.24) is 29.2 Å². The van der Waals surface area contributed by atoms with Crippen LogP contribution in [0.5, 0.6) is 0 Å². The minimum Gasteiger partial charge on any atom is -0.388 e. The van der Waals surface area contributed by atoms with Gasteiger partial charge in [0.1, 0.15) is 35.9 Å². The minimum absolute atomic E-state index is 0.0250. The van der Waals surface area contributed by atoms with Gasteiger partial charge in [-0.2, -0.15) is 9.98 Å². The number of nitrogens with zero attached hydrogens (tertiary/aromatic N) is 8. The van der Waals surface area contributed by atoms with Crippen molar-refractivity contribution in [2.45, 2.75) is 37.6 Å². The molecule has 15 heteroatoms. The molecule has 2 aliphatic rings. The number of imidazole rings is 2. The highest BCUT2D eigenvalue weighted by molar-refractivity contribution is 6.67. The number of fused-ring (bicyclic) bond motifs is 2. The first-order valence-electron chi connectivity index (χ1n) is 8.71. The smallest absolute Gasteiger partial charge is 0.225 e. The molecule has 0 bridgehead atoms. The van der Waals surface area contributed by atoms with E-state index in [1.165, 1.54) is 26.9 Å². The van der Waals surface area contributed by atoms with Crippen LogP contribution in [0.1, 0.15) is 25.0 Å². The lowest BCUT2D eigenvalue weighted by molar-refractivity contribution is -0.0311. The summed E-state index contributed by atoms with van der Waals surface area (Å²) < 4.78 is 8.57. The van der Waals surface area contributed by atoms with Gasteiger partial charge in [0.15, 0.2) is 22.8 Å². The third-order valence-corrected chi connectivity index (χ3v) is 5.71. The predicted octanol–water partition coefficient (Wildman–Crippen LogP) is 0.804. The first kappa shape index (κ1) is 19.9. The monoisotopic (exact) mass is 473 g/mol. The summed E-state index contributed by atoms with van der Waals surface area (Å²) in [6, 6.07) is 0. The Morgan fingerprint density at radius 1 is 1.10 bits per heavy atom. The van der Waals surface area contributed by atoms with Crippen molar-refractivity contribution in [1.29, 1.82) is 0 Å². The van der Waals surface area contributed by atoms with Gasteiger partial charge in [-0.15, -0.1) is 0 Å². The maximum atomic E-state index is 10.3. The summed E-state index contributed by atoms with van der Waals surface area (Å²) in [7, 11) is 0. The van der Waals surface area contributed by atoms with Crippen molar-refractivity contribution in [3.8, 4) is 0 Å². The average molecular weight is 475 g/mol. The highest BCUT2D eigenvalue weighted by Crippen LogP contribution is 2.38. The van der Waals surface area contributed by atoms with Gasteiger partial charge in [0, 0.05) is 0 Å². The van der Waals surface area contributed by atoms with Crippen molar-refractivity contribution >= 4 is 57.1 Å². The van der Waals surface area contributed by atoms with Crippen molar-refractivity contribution in [2.24, 2.45) is 10.7 Å². The third-order valence-electron chi connectivity index (χ3n) is 5.02. The van der Waals surface area contributed by atoms with Gasteiger partial charge in [0.05, 0.1) is 12.4 Å². The van der Waals surface area contributed by atoms with Crippen molar-refractivity contribution < 1.29 is 14.9 Å². The van der Waals surface area contributed by atoms with Gasteiger partial charge in [-0.1, -0.05) is 11.6 Å². The molecule has 0 saturated carbocycles. The van der Waals surface area contributed by atoms with E-state index in [-0.39, 0.29) is 21.4 Å². The summed E-state index contributed by atoms with van der Waals surface area (Å²) in [6.07, 6.45) is -1.74. The molecule has 2 aliphatic heterocycles. The van der Waals surface area contributed by atoms with Crippen LogP contribution in [-0.4, -0.2) is 63.0 Å². The van der Waals surface area contributed by atoms with Crippen molar-refractivity contribution in [2.75, 3.05) is 5.01 Å². The van der Waals surface area contributed by atoms with Crippen molar-refractivity contribution in [3.05, 3.63) is 28.8 Å².